The van der Waals surface area contributed by atoms with Crippen LogP contribution in [0.2, 0.25) is 0 Å². The molecule has 4 rings (SSSR count). The second-order valence-corrected chi connectivity index (χ2v) is 8.32. The average molecular weight is 392 g/mol. The lowest BCUT2D eigenvalue weighted by Crippen LogP contribution is -2.35. The molecule has 1 aromatic carbocycles. The highest BCUT2D eigenvalue weighted by molar-refractivity contribution is 7.09. The summed E-state index contributed by atoms with van der Waals surface area (Å²) < 4.78 is 0. The molecule has 3 heterocycles. The van der Waals surface area contributed by atoms with Crippen LogP contribution < -0.4 is 10.2 Å². The molecule has 1 aliphatic rings. The van der Waals surface area contributed by atoms with Gasteiger partial charge < -0.3 is 10.2 Å². The normalized spacial score (nSPS) is 14.8. The van der Waals surface area contributed by atoms with Crippen LogP contribution in [0, 0.1) is 5.92 Å². The van der Waals surface area contributed by atoms with E-state index < -0.39 is 0 Å². The van der Waals surface area contributed by atoms with Crippen LogP contribution in [-0.4, -0.2) is 24.0 Å². The minimum absolute atomic E-state index is 0.0750. The van der Waals surface area contributed by atoms with Gasteiger partial charge in [0.15, 0.2) is 0 Å². The van der Waals surface area contributed by atoms with Crippen molar-refractivity contribution in [1.82, 2.24) is 10.3 Å². The summed E-state index contributed by atoms with van der Waals surface area (Å²) in [6, 6.07) is 18.6. The Kier molecular flexibility index (Phi) is 6.02. The Morgan fingerprint density at radius 1 is 1.07 bits per heavy atom. The van der Waals surface area contributed by atoms with Crippen LogP contribution in [0.25, 0.3) is 0 Å². The number of nitrogens with one attached hydrogen (secondary N) is 1. The molecule has 0 aliphatic carbocycles. The number of pyridine rings is 1. The Morgan fingerprint density at radius 2 is 1.89 bits per heavy atom. The number of hydrogen-bond donors (Lipinski definition) is 1. The van der Waals surface area contributed by atoms with Crippen LogP contribution in [0.5, 0.6) is 0 Å². The molecule has 2 aromatic heterocycles. The van der Waals surface area contributed by atoms with Crippen molar-refractivity contribution in [3.05, 3.63) is 82.2 Å². The van der Waals surface area contributed by atoms with Gasteiger partial charge in [0.1, 0.15) is 5.82 Å². The Balaban J connectivity index is 1.28. The number of benzene rings is 1. The van der Waals surface area contributed by atoms with Gasteiger partial charge in [-0.2, -0.15) is 0 Å². The number of carbonyl (C=O) groups excluding carboxylic acids is 1. The maximum atomic E-state index is 12.3. The monoisotopic (exact) mass is 391 g/mol. The lowest BCUT2D eigenvalue weighted by atomic mass is 9.90. The number of nitrogens with zero attached hydrogens (tertiary/aromatic N) is 2. The van der Waals surface area contributed by atoms with Crippen molar-refractivity contribution in [3.8, 4) is 0 Å². The zero-order valence-corrected chi connectivity index (χ0v) is 16.7. The predicted octanol–water partition coefficient (Wildman–Crippen LogP) is 4.53. The van der Waals surface area contributed by atoms with E-state index in [1.807, 2.05) is 29.6 Å². The van der Waals surface area contributed by atoms with Crippen molar-refractivity contribution in [1.29, 1.82) is 0 Å². The SMILES string of the molecule is O=C(NCc1cccs1)c1ccc(N2CCC(Cc3ccccc3)CC2)nc1. The number of aromatic nitrogens is 1. The van der Waals surface area contributed by atoms with Crippen LogP contribution >= 0.6 is 11.3 Å². The van der Waals surface area contributed by atoms with Crippen molar-refractivity contribution in [2.75, 3.05) is 18.0 Å². The molecular formula is C23H25N3OS. The summed E-state index contributed by atoms with van der Waals surface area (Å²) in [5.74, 6) is 1.63. The third-order valence-electron chi connectivity index (χ3n) is 5.32. The first-order valence-corrected chi connectivity index (χ1v) is 10.7. The Morgan fingerprint density at radius 3 is 2.57 bits per heavy atom. The van der Waals surface area contributed by atoms with E-state index in [0.717, 1.165) is 36.1 Å². The first-order valence-electron chi connectivity index (χ1n) is 9.83. The molecule has 4 nitrogen and oxygen atoms in total. The van der Waals surface area contributed by atoms with Crippen molar-refractivity contribution in [3.63, 3.8) is 0 Å². The molecule has 1 amide bonds. The number of thiophene rings is 1. The summed E-state index contributed by atoms with van der Waals surface area (Å²) in [6.45, 7) is 2.61. The summed E-state index contributed by atoms with van der Waals surface area (Å²) >= 11 is 1.64. The number of piperidine rings is 1. The van der Waals surface area contributed by atoms with Gasteiger partial charge in [0, 0.05) is 24.2 Å². The third kappa shape index (κ3) is 4.78. The van der Waals surface area contributed by atoms with Crippen molar-refractivity contribution < 1.29 is 4.79 Å². The highest BCUT2D eigenvalue weighted by Crippen LogP contribution is 2.24. The molecule has 0 spiro atoms. The van der Waals surface area contributed by atoms with Gasteiger partial charge in [-0.25, -0.2) is 4.98 Å². The van der Waals surface area contributed by atoms with Gasteiger partial charge in [-0.1, -0.05) is 36.4 Å². The third-order valence-corrected chi connectivity index (χ3v) is 6.20. The van der Waals surface area contributed by atoms with E-state index in [9.17, 15) is 4.79 Å². The first kappa shape index (κ1) is 18.7. The minimum Gasteiger partial charge on any atom is -0.357 e. The van der Waals surface area contributed by atoms with Crippen molar-refractivity contribution in [2.45, 2.75) is 25.8 Å². The number of amides is 1. The lowest BCUT2D eigenvalue weighted by molar-refractivity contribution is 0.0951. The fraction of sp³-hybridized carbons (Fsp3) is 0.304. The van der Waals surface area contributed by atoms with Gasteiger partial charge in [-0.15, -0.1) is 11.3 Å². The van der Waals surface area contributed by atoms with E-state index in [4.69, 9.17) is 0 Å². The molecular weight excluding hydrogens is 366 g/mol. The van der Waals surface area contributed by atoms with Crippen LogP contribution in [0.15, 0.2) is 66.2 Å². The van der Waals surface area contributed by atoms with Crippen molar-refractivity contribution in [2.24, 2.45) is 5.92 Å². The quantitative estimate of drug-likeness (QED) is 0.671. The highest BCUT2D eigenvalue weighted by atomic mass is 32.1. The molecule has 1 saturated heterocycles. The van der Waals surface area contributed by atoms with E-state index in [2.05, 4.69) is 45.5 Å². The van der Waals surface area contributed by atoms with E-state index in [-0.39, 0.29) is 5.91 Å². The fourth-order valence-electron chi connectivity index (χ4n) is 3.70. The summed E-state index contributed by atoms with van der Waals surface area (Å²) in [4.78, 5) is 20.3. The summed E-state index contributed by atoms with van der Waals surface area (Å²) in [6.07, 6.45) is 5.21. The molecule has 3 aromatic rings. The zero-order valence-electron chi connectivity index (χ0n) is 15.9. The second-order valence-electron chi connectivity index (χ2n) is 7.29. The first-order chi connectivity index (χ1) is 13.8. The highest BCUT2D eigenvalue weighted by Gasteiger charge is 2.20. The maximum absolute atomic E-state index is 12.3. The molecule has 0 unspecified atom stereocenters. The van der Waals surface area contributed by atoms with Gasteiger partial charge >= 0.3 is 0 Å². The Bertz CT molecular complexity index is 870. The fourth-order valence-corrected chi connectivity index (χ4v) is 4.35. The molecule has 0 radical (unpaired) electrons. The molecule has 1 N–H and O–H groups in total. The number of anilines is 1. The molecule has 0 bridgehead atoms. The predicted molar refractivity (Wildman–Crippen MR) is 115 cm³/mol. The van der Waals surface area contributed by atoms with Crippen LogP contribution in [0.3, 0.4) is 0 Å². The van der Waals surface area contributed by atoms with Crippen molar-refractivity contribution >= 4 is 23.1 Å². The number of carbonyl (C=O) groups is 1. The van der Waals surface area contributed by atoms with Crippen LogP contribution in [-0.2, 0) is 13.0 Å². The van der Waals surface area contributed by atoms with E-state index >= 15 is 0 Å². The van der Waals surface area contributed by atoms with E-state index in [1.165, 1.54) is 18.4 Å². The van der Waals surface area contributed by atoms with Crippen LogP contribution in [0.4, 0.5) is 5.82 Å². The topological polar surface area (TPSA) is 45.2 Å². The smallest absolute Gasteiger partial charge is 0.253 e. The Hall–Kier alpha value is -2.66. The van der Waals surface area contributed by atoms with Gasteiger partial charge in [-0.05, 0) is 54.3 Å². The van der Waals surface area contributed by atoms with Gasteiger partial charge in [0.2, 0.25) is 0 Å². The molecule has 1 aliphatic heterocycles. The van der Waals surface area contributed by atoms with Gasteiger partial charge in [0.05, 0.1) is 12.1 Å². The molecule has 5 heteroatoms. The standard InChI is InChI=1S/C23H25N3OS/c27-23(25-17-21-7-4-14-28-21)20-8-9-22(24-16-20)26-12-10-19(11-13-26)15-18-5-2-1-3-6-18/h1-9,14,16,19H,10-13,15,17H2,(H,25,27). The molecule has 1 fully saturated rings. The lowest BCUT2D eigenvalue weighted by Gasteiger charge is -2.33. The van der Waals surface area contributed by atoms with E-state index in [0.29, 0.717) is 12.1 Å². The van der Waals surface area contributed by atoms with Gasteiger partial charge in [0.25, 0.3) is 5.91 Å². The van der Waals surface area contributed by atoms with Gasteiger partial charge in [-0.3, -0.25) is 4.79 Å². The van der Waals surface area contributed by atoms with Crippen LogP contribution in [0.1, 0.15) is 33.6 Å². The molecule has 0 saturated carbocycles. The minimum atomic E-state index is -0.0750. The summed E-state index contributed by atoms with van der Waals surface area (Å²) in [5.41, 5.74) is 2.04. The second kappa shape index (κ2) is 9.02. The maximum Gasteiger partial charge on any atom is 0.253 e. The number of hydrogen-bond acceptors (Lipinski definition) is 4. The zero-order chi connectivity index (χ0) is 19.2. The van der Waals surface area contributed by atoms with E-state index in [1.54, 1.807) is 17.5 Å². The average Bonchev–Trinajstić information content (AvgIpc) is 3.27. The molecule has 144 valence electrons. The molecule has 28 heavy (non-hydrogen) atoms. The number of rotatable bonds is 6. The summed E-state index contributed by atoms with van der Waals surface area (Å²) in [5, 5.41) is 4.96. The largest absolute Gasteiger partial charge is 0.357 e. The molecule has 0 atom stereocenters. The Labute approximate surface area is 170 Å². The summed E-state index contributed by atoms with van der Waals surface area (Å²) in [7, 11) is 0.